The van der Waals surface area contributed by atoms with Gasteiger partial charge >= 0.3 is 0 Å². The molecule has 6 heteroatoms. The van der Waals surface area contributed by atoms with Crippen LogP contribution < -0.4 is 0 Å². The molecule has 0 saturated carbocycles. The van der Waals surface area contributed by atoms with Gasteiger partial charge in [0.2, 0.25) is 0 Å². The highest BCUT2D eigenvalue weighted by molar-refractivity contribution is 5.94. The summed E-state index contributed by atoms with van der Waals surface area (Å²) in [7, 11) is 3.86. The number of nitro benzene ring substituents is 1. The van der Waals surface area contributed by atoms with Gasteiger partial charge in [-0.2, -0.15) is 0 Å². The van der Waals surface area contributed by atoms with Crippen LogP contribution in [0.15, 0.2) is 24.3 Å². The van der Waals surface area contributed by atoms with E-state index in [0.29, 0.717) is 11.5 Å². The molecule has 1 atom stereocenters. The van der Waals surface area contributed by atoms with Crippen LogP contribution in [0.4, 0.5) is 5.69 Å². The van der Waals surface area contributed by atoms with Crippen LogP contribution in [0, 0.1) is 16.0 Å². The van der Waals surface area contributed by atoms with Crippen molar-refractivity contribution in [3.8, 4) is 0 Å². The van der Waals surface area contributed by atoms with Gasteiger partial charge in [-0.3, -0.25) is 14.9 Å². The Bertz CT molecular complexity index is 501. The molecular weight excluding hydrogens is 258 g/mol. The second kappa shape index (κ2) is 6.00. The van der Waals surface area contributed by atoms with Gasteiger partial charge in [0.25, 0.3) is 11.6 Å². The Morgan fingerprint density at radius 3 is 2.60 bits per heavy atom. The fraction of sp³-hybridized carbons (Fsp3) is 0.500. The Morgan fingerprint density at radius 2 is 2.10 bits per heavy atom. The van der Waals surface area contributed by atoms with Crippen LogP contribution in [0.2, 0.25) is 0 Å². The standard InChI is InChI=1S/C14H19N3O3/c1-15-8-7-11(9-15)10-16(2)14(18)12-3-5-13(6-4-12)17(19)20/h3-6,11H,7-10H2,1-2H3. The molecule has 1 amide bonds. The maximum atomic E-state index is 12.2. The SMILES string of the molecule is CN1CCC(CN(C)C(=O)c2ccc([N+](=O)[O-])cc2)C1. The van der Waals surface area contributed by atoms with Crippen LogP contribution in [-0.2, 0) is 0 Å². The number of carbonyl (C=O) groups excluding carboxylic acids is 1. The van der Waals surface area contributed by atoms with Crippen LogP contribution in [0.5, 0.6) is 0 Å². The number of amides is 1. The number of carbonyl (C=O) groups is 1. The van der Waals surface area contributed by atoms with E-state index in [9.17, 15) is 14.9 Å². The first-order chi connectivity index (χ1) is 9.47. The molecule has 1 aromatic carbocycles. The third-order valence-corrected chi connectivity index (χ3v) is 3.69. The normalized spacial score (nSPS) is 19.0. The van der Waals surface area contributed by atoms with Crippen LogP contribution in [0.1, 0.15) is 16.8 Å². The summed E-state index contributed by atoms with van der Waals surface area (Å²) >= 11 is 0. The number of nitro groups is 1. The van der Waals surface area contributed by atoms with Crippen molar-refractivity contribution in [2.24, 2.45) is 5.92 Å². The van der Waals surface area contributed by atoms with E-state index in [4.69, 9.17) is 0 Å². The van der Waals surface area contributed by atoms with E-state index in [1.807, 2.05) is 0 Å². The van der Waals surface area contributed by atoms with E-state index in [-0.39, 0.29) is 11.6 Å². The zero-order chi connectivity index (χ0) is 14.7. The maximum absolute atomic E-state index is 12.2. The minimum atomic E-state index is -0.466. The van der Waals surface area contributed by atoms with Crippen LogP contribution in [0.3, 0.4) is 0 Å². The highest BCUT2D eigenvalue weighted by Crippen LogP contribution is 2.17. The predicted octanol–water partition coefficient (Wildman–Crippen LogP) is 1.62. The molecule has 2 rings (SSSR count). The minimum absolute atomic E-state index is 0.00150. The van der Waals surface area contributed by atoms with Gasteiger partial charge in [-0.1, -0.05) is 0 Å². The summed E-state index contributed by atoms with van der Waals surface area (Å²) < 4.78 is 0. The van der Waals surface area contributed by atoms with Gasteiger partial charge < -0.3 is 9.80 Å². The smallest absolute Gasteiger partial charge is 0.269 e. The van der Waals surface area contributed by atoms with Crippen molar-refractivity contribution in [3.63, 3.8) is 0 Å². The molecule has 0 aromatic heterocycles. The second-order valence-electron chi connectivity index (χ2n) is 5.41. The molecule has 1 unspecified atom stereocenters. The van der Waals surface area contributed by atoms with Crippen molar-refractivity contribution < 1.29 is 9.72 Å². The fourth-order valence-electron chi connectivity index (χ4n) is 2.59. The van der Waals surface area contributed by atoms with Gasteiger partial charge in [-0.25, -0.2) is 0 Å². The first kappa shape index (κ1) is 14.5. The van der Waals surface area contributed by atoms with Gasteiger partial charge in [0.15, 0.2) is 0 Å². The predicted molar refractivity (Wildman–Crippen MR) is 75.7 cm³/mol. The number of likely N-dealkylation sites (tertiary alicyclic amines) is 1. The summed E-state index contributed by atoms with van der Waals surface area (Å²) in [6.45, 7) is 2.81. The summed E-state index contributed by atoms with van der Waals surface area (Å²) in [5, 5.41) is 10.6. The molecule has 1 fully saturated rings. The molecule has 20 heavy (non-hydrogen) atoms. The van der Waals surface area contributed by atoms with Crippen molar-refractivity contribution in [2.75, 3.05) is 33.7 Å². The Balaban J connectivity index is 1.97. The van der Waals surface area contributed by atoms with Crippen molar-refractivity contribution in [3.05, 3.63) is 39.9 Å². The average Bonchev–Trinajstić information content (AvgIpc) is 2.83. The summed E-state index contributed by atoms with van der Waals surface area (Å²) in [4.78, 5) is 26.3. The molecule has 0 bridgehead atoms. The third kappa shape index (κ3) is 3.33. The molecule has 0 radical (unpaired) electrons. The Morgan fingerprint density at radius 1 is 1.45 bits per heavy atom. The lowest BCUT2D eigenvalue weighted by Gasteiger charge is -2.21. The van der Waals surface area contributed by atoms with E-state index >= 15 is 0 Å². The Kier molecular flexibility index (Phi) is 4.34. The van der Waals surface area contributed by atoms with E-state index in [2.05, 4.69) is 11.9 Å². The number of hydrogen-bond acceptors (Lipinski definition) is 4. The van der Waals surface area contributed by atoms with E-state index in [1.54, 1.807) is 11.9 Å². The van der Waals surface area contributed by atoms with E-state index in [0.717, 1.165) is 26.1 Å². The topological polar surface area (TPSA) is 66.7 Å². The molecule has 0 N–H and O–H groups in total. The highest BCUT2D eigenvalue weighted by atomic mass is 16.6. The monoisotopic (exact) mass is 277 g/mol. The quantitative estimate of drug-likeness (QED) is 0.619. The summed E-state index contributed by atoms with van der Waals surface area (Å²) in [6.07, 6.45) is 1.11. The third-order valence-electron chi connectivity index (χ3n) is 3.69. The molecule has 1 heterocycles. The highest BCUT2D eigenvalue weighted by Gasteiger charge is 2.23. The lowest BCUT2D eigenvalue weighted by atomic mass is 10.1. The molecule has 1 saturated heterocycles. The van der Waals surface area contributed by atoms with Crippen molar-refractivity contribution in [1.29, 1.82) is 0 Å². The second-order valence-corrected chi connectivity index (χ2v) is 5.41. The molecule has 0 spiro atoms. The van der Waals surface area contributed by atoms with Gasteiger partial charge in [-0.15, -0.1) is 0 Å². The summed E-state index contributed by atoms with van der Waals surface area (Å²) in [5.74, 6) is 0.418. The van der Waals surface area contributed by atoms with Crippen LogP contribution in [0.25, 0.3) is 0 Å². The molecule has 6 nitrogen and oxygen atoms in total. The van der Waals surface area contributed by atoms with Crippen LogP contribution in [-0.4, -0.2) is 54.4 Å². The Labute approximate surface area is 118 Å². The number of benzene rings is 1. The molecule has 1 aromatic rings. The first-order valence-electron chi connectivity index (χ1n) is 6.66. The molecule has 0 aliphatic carbocycles. The van der Waals surface area contributed by atoms with Gasteiger partial charge in [0.05, 0.1) is 4.92 Å². The molecular formula is C14H19N3O3. The van der Waals surface area contributed by atoms with Gasteiger partial charge in [0, 0.05) is 37.8 Å². The maximum Gasteiger partial charge on any atom is 0.269 e. The van der Waals surface area contributed by atoms with Crippen LogP contribution >= 0.6 is 0 Å². The van der Waals surface area contributed by atoms with E-state index < -0.39 is 4.92 Å². The number of hydrogen-bond donors (Lipinski definition) is 0. The average molecular weight is 277 g/mol. The fourth-order valence-corrected chi connectivity index (χ4v) is 2.59. The number of nitrogens with zero attached hydrogens (tertiary/aromatic N) is 3. The largest absolute Gasteiger partial charge is 0.341 e. The zero-order valence-corrected chi connectivity index (χ0v) is 11.8. The number of rotatable bonds is 4. The Hall–Kier alpha value is -1.95. The zero-order valence-electron chi connectivity index (χ0n) is 11.8. The molecule has 1 aliphatic rings. The first-order valence-corrected chi connectivity index (χ1v) is 6.66. The lowest BCUT2D eigenvalue weighted by Crippen LogP contribution is -2.32. The summed E-state index contributed by atoms with van der Waals surface area (Å²) in [6, 6.07) is 5.75. The molecule has 1 aliphatic heterocycles. The summed E-state index contributed by atoms with van der Waals surface area (Å²) in [5.41, 5.74) is 0.492. The van der Waals surface area contributed by atoms with E-state index in [1.165, 1.54) is 24.3 Å². The van der Waals surface area contributed by atoms with Crippen molar-refractivity contribution >= 4 is 11.6 Å². The van der Waals surface area contributed by atoms with Crippen molar-refractivity contribution in [2.45, 2.75) is 6.42 Å². The minimum Gasteiger partial charge on any atom is -0.341 e. The lowest BCUT2D eigenvalue weighted by molar-refractivity contribution is -0.384. The van der Waals surface area contributed by atoms with Crippen molar-refractivity contribution in [1.82, 2.24) is 9.80 Å². The molecule has 108 valence electrons. The van der Waals surface area contributed by atoms with Gasteiger partial charge in [0.1, 0.15) is 0 Å². The number of non-ortho nitro benzene ring substituents is 1. The van der Waals surface area contributed by atoms with Gasteiger partial charge in [-0.05, 0) is 38.1 Å².